The van der Waals surface area contributed by atoms with Crippen molar-refractivity contribution in [1.82, 2.24) is 5.32 Å². The van der Waals surface area contributed by atoms with Crippen molar-refractivity contribution in [2.45, 2.75) is 39.8 Å². The third-order valence-electron chi connectivity index (χ3n) is 3.21. The number of aliphatic carboxylic acids is 1. The molecule has 0 saturated heterocycles. The van der Waals surface area contributed by atoms with Gasteiger partial charge in [-0.2, -0.15) is 0 Å². The summed E-state index contributed by atoms with van der Waals surface area (Å²) in [5, 5.41) is 12.2. The largest absolute Gasteiger partial charge is 0.492 e. The Bertz CT molecular complexity index is 402. The quantitative estimate of drug-likeness (QED) is 0.795. The summed E-state index contributed by atoms with van der Waals surface area (Å²) in [6, 6.07) is 7.88. The van der Waals surface area contributed by atoms with Crippen molar-refractivity contribution in [3.8, 4) is 5.75 Å². The molecule has 0 aliphatic rings. The first-order valence-electron chi connectivity index (χ1n) is 6.58. The highest BCUT2D eigenvalue weighted by atomic mass is 16.5. The van der Waals surface area contributed by atoms with Gasteiger partial charge in [0.05, 0.1) is 5.92 Å². The third kappa shape index (κ3) is 5.30. The van der Waals surface area contributed by atoms with Gasteiger partial charge in [0.2, 0.25) is 0 Å². The van der Waals surface area contributed by atoms with Crippen LogP contribution in [0.3, 0.4) is 0 Å². The molecule has 0 fully saturated rings. The van der Waals surface area contributed by atoms with Crippen LogP contribution in [0.2, 0.25) is 0 Å². The molecule has 0 amide bonds. The van der Waals surface area contributed by atoms with E-state index in [1.165, 1.54) is 5.56 Å². The number of hydrogen-bond donors (Lipinski definition) is 2. The molecule has 2 N–H and O–H groups in total. The fourth-order valence-electron chi connectivity index (χ4n) is 1.71. The van der Waals surface area contributed by atoms with Crippen LogP contribution in [0, 0.1) is 12.8 Å². The first-order valence-corrected chi connectivity index (χ1v) is 6.58. The van der Waals surface area contributed by atoms with E-state index in [2.05, 4.69) is 5.32 Å². The second-order valence-electron chi connectivity index (χ2n) is 5.11. The molecule has 0 aliphatic carbocycles. The summed E-state index contributed by atoms with van der Waals surface area (Å²) in [5.41, 5.74) is 1.20. The molecule has 19 heavy (non-hydrogen) atoms. The lowest BCUT2D eigenvalue weighted by molar-refractivity contribution is -0.142. The van der Waals surface area contributed by atoms with Gasteiger partial charge in [0.15, 0.2) is 0 Å². The molecule has 0 saturated carbocycles. The van der Waals surface area contributed by atoms with Crippen molar-refractivity contribution < 1.29 is 14.6 Å². The van der Waals surface area contributed by atoms with Crippen molar-refractivity contribution in [1.29, 1.82) is 0 Å². The van der Waals surface area contributed by atoms with E-state index in [1.54, 1.807) is 6.92 Å². The van der Waals surface area contributed by atoms with Crippen molar-refractivity contribution in [3.05, 3.63) is 29.8 Å². The standard InChI is InChI=1S/C15H23NO3/c1-10-5-7-14(8-6-10)19-9-11(2)16-13(4)12(3)15(17)18/h5-8,11-13,16H,9H2,1-4H3,(H,17,18). The minimum atomic E-state index is -0.786. The van der Waals surface area contributed by atoms with E-state index in [0.717, 1.165) is 5.75 Å². The Balaban J connectivity index is 2.37. The summed E-state index contributed by atoms with van der Waals surface area (Å²) in [6.45, 7) is 8.11. The molecule has 4 heteroatoms. The molecule has 1 aromatic rings. The van der Waals surface area contributed by atoms with Crippen LogP contribution in [0.25, 0.3) is 0 Å². The summed E-state index contributed by atoms with van der Waals surface area (Å²) in [5.74, 6) is -0.369. The molecule has 1 aromatic carbocycles. The van der Waals surface area contributed by atoms with Gasteiger partial charge in [0.25, 0.3) is 0 Å². The fraction of sp³-hybridized carbons (Fsp3) is 0.533. The Kier molecular flexibility index (Phi) is 5.83. The molecule has 4 nitrogen and oxygen atoms in total. The molecule has 0 aliphatic heterocycles. The number of hydrogen-bond acceptors (Lipinski definition) is 3. The van der Waals surface area contributed by atoms with Gasteiger partial charge in [-0.3, -0.25) is 4.79 Å². The zero-order chi connectivity index (χ0) is 14.4. The molecule has 3 unspecified atom stereocenters. The summed E-state index contributed by atoms with van der Waals surface area (Å²) in [7, 11) is 0. The second kappa shape index (κ2) is 7.14. The highest BCUT2D eigenvalue weighted by molar-refractivity contribution is 5.70. The zero-order valence-electron chi connectivity index (χ0n) is 12.0. The first kappa shape index (κ1) is 15.5. The van der Waals surface area contributed by atoms with Gasteiger partial charge in [0, 0.05) is 12.1 Å². The van der Waals surface area contributed by atoms with Crippen LogP contribution in [-0.4, -0.2) is 29.8 Å². The van der Waals surface area contributed by atoms with Crippen molar-refractivity contribution in [2.75, 3.05) is 6.61 Å². The number of aryl methyl sites for hydroxylation is 1. The molecule has 0 heterocycles. The maximum atomic E-state index is 10.9. The molecule has 106 valence electrons. The van der Waals surface area contributed by atoms with Gasteiger partial charge >= 0.3 is 5.97 Å². The van der Waals surface area contributed by atoms with Crippen molar-refractivity contribution in [2.24, 2.45) is 5.92 Å². The van der Waals surface area contributed by atoms with Crippen LogP contribution in [0.1, 0.15) is 26.3 Å². The molecule has 0 spiro atoms. The summed E-state index contributed by atoms with van der Waals surface area (Å²) < 4.78 is 5.65. The van der Waals surface area contributed by atoms with E-state index < -0.39 is 11.9 Å². The Hall–Kier alpha value is -1.55. The predicted octanol–water partition coefficient (Wildman–Crippen LogP) is 2.46. The smallest absolute Gasteiger partial charge is 0.307 e. The maximum absolute atomic E-state index is 10.9. The minimum absolute atomic E-state index is 0.0888. The topological polar surface area (TPSA) is 58.6 Å². The lowest BCUT2D eigenvalue weighted by atomic mass is 10.0. The molecule has 3 atom stereocenters. The molecule has 0 radical (unpaired) electrons. The van der Waals surface area contributed by atoms with Gasteiger partial charge in [-0.1, -0.05) is 24.6 Å². The third-order valence-corrected chi connectivity index (χ3v) is 3.21. The van der Waals surface area contributed by atoms with Crippen LogP contribution in [-0.2, 0) is 4.79 Å². The molecule has 0 bridgehead atoms. The maximum Gasteiger partial charge on any atom is 0.307 e. The van der Waals surface area contributed by atoms with E-state index in [0.29, 0.717) is 6.61 Å². The number of nitrogens with one attached hydrogen (secondary N) is 1. The molecule has 1 rings (SSSR count). The summed E-state index contributed by atoms with van der Waals surface area (Å²) in [6.07, 6.45) is 0. The van der Waals surface area contributed by atoms with E-state index in [-0.39, 0.29) is 12.1 Å². The van der Waals surface area contributed by atoms with Crippen LogP contribution in [0.5, 0.6) is 5.75 Å². The minimum Gasteiger partial charge on any atom is -0.492 e. The first-order chi connectivity index (χ1) is 8.90. The molecular weight excluding hydrogens is 242 g/mol. The lowest BCUT2D eigenvalue weighted by Crippen LogP contribution is -2.43. The zero-order valence-corrected chi connectivity index (χ0v) is 12.0. The van der Waals surface area contributed by atoms with Gasteiger partial charge in [-0.15, -0.1) is 0 Å². The average Bonchev–Trinajstić information content (AvgIpc) is 2.37. The van der Waals surface area contributed by atoms with Gasteiger partial charge in [-0.25, -0.2) is 0 Å². The SMILES string of the molecule is Cc1ccc(OCC(C)NC(C)C(C)C(=O)O)cc1. The Labute approximate surface area is 114 Å². The lowest BCUT2D eigenvalue weighted by Gasteiger charge is -2.23. The predicted molar refractivity (Wildman–Crippen MR) is 75.5 cm³/mol. The number of rotatable bonds is 7. The fourth-order valence-corrected chi connectivity index (χ4v) is 1.71. The van der Waals surface area contributed by atoms with E-state index in [9.17, 15) is 4.79 Å². The number of benzene rings is 1. The monoisotopic (exact) mass is 265 g/mol. The van der Waals surface area contributed by atoms with Crippen molar-refractivity contribution in [3.63, 3.8) is 0 Å². The number of carbonyl (C=O) groups is 1. The highest BCUT2D eigenvalue weighted by Crippen LogP contribution is 2.12. The van der Waals surface area contributed by atoms with Gasteiger partial charge < -0.3 is 15.2 Å². The van der Waals surface area contributed by atoms with E-state index in [4.69, 9.17) is 9.84 Å². The molecule has 0 aromatic heterocycles. The van der Waals surface area contributed by atoms with Crippen LogP contribution in [0.4, 0.5) is 0 Å². The number of ether oxygens (including phenoxy) is 1. The Morgan fingerprint density at radius 3 is 2.37 bits per heavy atom. The highest BCUT2D eigenvalue weighted by Gasteiger charge is 2.20. The molecular formula is C15H23NO3. The van der Waals surface area contributed by atoms with E-state index >= 15 is 0 Å². The van der Waals surface area contributed by atoms with Crippen LogP contribution < -0.4 is 10.1 Å². The van der Waals surface area contributed by atoms with Crippen LogP contribution in [0.15, 0.2) is 24.3 Å². The van der Waals surface area contributed by atoms with Gasteiger partial charge in [-0.05, 0) is 32.9 Å². The average molecular weight is 265 g/mol. The van der Waals surface area contributed by atoms with Crippen molar-refractivity contribution >= 4 is 5.97 Å². The summed E-state index contributed by atoms with van der Waals surface area (Å²) >= 11 is 0. The normalized spacial score (nSPS) is 15.6. The summed E-state index contributed by atoms with van der Waals surface area (Å²) in [4.78, 5) is 10.9. The number of carboxylic acid groups (broad SMARTS) is 1. The Morgan fingerprint density at radius 1 is 1.26 bits per heavy atom. The van der Waals surface area contributed by atoms with Gasteiger partial charge in [0.1, 0.15) is 12.4 Å². The van der Waals surface area contributed by atoms with E-state index in [1.807, 2.05) is 45.0 Å². The second-order valence-corrected chi connectivity index (χ2v) is 5.11. The Morgan fingerprint density at radius 2 is 1.84 bits per heavy atom. The number of carboxylic acids is 1. The van der Waals surface area contributed by atoms with Crippen LogP contribution >= 0.6 is 0 Å².